The van der Waals surface area contributed by atoms with Crippen LogP contribution in [0.4, 0.5) is 10.5 Å². The Balaban J connectivity index is 0.00000180. The molecule has 2 rings (SSSR count). The van der Waals surface area contributed by atoms with Crippen LogP contribution in [0, 0.1) is 6.92 Å². The fraction of sp³-hybridized carbons (Fsp3) is 0.333. The highest BCUT2D eigenvalue weighted by atomic mass is 35.5. The van der Waals surface area contributed by atoms with E-state index in [1.165, 1.54) is 0 Å². The first-order chi connectivity index (χ1) is 8.66. The van der Waals surface area contributed by atoms with Gasteiger partial charge in [0.05, 0.1) is 10.7 Å². The van der Waals surface area contributed by atoms with Crippen molar-refractivity contribution in [2.45, 2.75) is 13.3 Å². The number of aliphatic imine (C=N–C) groups is 1. The van der Waals surface area contributed by atoms with Gasteiger partial charge >= 0.3 is 6.03 Å². The summed E-state index contributed by atoms with van der Waals surface area (Å²) in [5.41, 5.74) is 1.53. The number of halogens is 2. The number of carbonyl (C=O) groups excluding carboxylic acids is 1. The SMILES string of the molecule is Cc1cccc(Cl)c1NC(=O)NC1=NCCCN1.Cl.O. The minimum Gasteiger partial charge on any atom is -0.412 e. The predicted octanol–water partition coefficient (Wildman–Crippen LogP) is 1.72. The zero-order valence-electron chi connectivity index (χ0n) is 11.0. The van der Waals surface area contributed by atoms with Crippen LogP contribution in [0.5, 0.6) is 0 Å². The lowest BCUT2D eigenvalue weighted by molar-refractivity contribution is 0.255. The third-order valence-corrected chi connectivity index (χ3v) is 2.90. The summed E-state index contributed by atoms with van der Waals surface area (Å²) in [6.45, 7) is 3.44. The van der Waals surface area contributed by atoms with Crippen molar-refractivity contribution >= 4 is 41.7 Å². The van der Waals surface area contributed by atoms with Crippen molar-refractivity contribution in [3.63, 3.8) is 0 Å². The second-order valence-electron chi connectivity index (χ2n) is 4.02. The van der Waals surface area contributed by atoms with E-state index in [1.807, 2.05) is 19.1 Å². The van der Waals surface area contributed by atoms with Gasteiger partial charge < -0.3 is 16.1 Å². The lowest BCUT2D eigenvalue weighted by atomic mass is 10.2. The Kier molecular flexibility index (Phi) is 7.98. The summed E-state index contributed by atoms with van der Waals surface area (Å²) in [5, 5.41) is 8.90. The maximum atomic E-state index is 11.8. The Labute approximate surface area is 128 Å². The summed E-state index contributed by atoms with van der Waals surface area (Å²) < 4.78 is 0. The Morgan fingerprint density at radius 3 is 2.75 bits per heavy atom. The number of benzene rings is 1. The summed E-state index contributed by atoms with van der Waals surface area (Å²) >= 11 is 6.03. The lowest BCUT2D eigenvalue weighted by Crippen LogP contribution is -2.45. The smallest absolute Gasteiger partial charge is 0.326 e. The van der Waals surface area contributed by atoms with Crippen LogP contribution >= 0.6 is 24.0 Å². The van der Waals surface area contributed by atoms with E-state index in [4.69, 9.17) is 11.6 Å². The number of hydrogen-bond donors (Lipinski definition) is 3. The molecule has 0 atom stereocenters. The molecule has 6 nitrogen and oxygen atoms in total. The quantitative estimate of drug-likeness (QED) is 0.734. The van der Waals surface area contributed by atoms with Crippen LogP contribution in [0.2, 0.25) is 5.02 Å². The van der Waals surface area contributed by atoms with Crippen molar-refractivity contribution in [2.75, 3.05) is 18.4 Å². The van der Waals surface area contributed by atoms with Crippen LogP contribution in [-0.2, 0) is 0 Å². The van der Waals surface area contributed by atoms with Crippen molar-refractivity contribution in [3.05, 3.63) is 28.8 Å². The summed E-state index contributed by atoms with van der Waals surface area (Å²) in [6.07, 6.45) is 0.983. The topological polar surface area (TPSA) is 97.0 Å². The van der Waals surface area contributed by atoms with Gasteiger partial charge in [-0.15, -0.1) is 12.4 Å². The minimum absolute atomic E-state index is 0. The number of guanidine groups is 1. The molecule has 0 aliphatic carbocycles. The van der Waals surface area contributed by atoms with Crippen LogP contribution in [0.1, 0.15) is 12.0 Å². The number of hydrogen-bond acceptors (Lipinski definition) is 3. The number of nitrogens with zero attached hydrogens (tertiary/aromatic N) is 1. The van der Waals surface area contributed by atoms with Crippen LogP contribution in [0.15, 0.2) is 23.2 Å². The number of carbonyl (C=O) groups is 1. The number of aryl methyl sites for hydroxylation is 1. The molecule has 112 valence electrons. The van der Waals surface area contributed by atoms with Crippen molar-refractivity contribution in [1.82, 2.24) is 10.6 Å². The van der Waals surface area contributed by atoms with E-state index in [-0.39, 0.29) is 23.9 Å². The Morgan fingerprint density at radius 2 is 2.15 bits per heavy atom. The fourth-order valence-electron chi connectivity index (χ4n) is 1.66. The first kappa shape index (κ1) is 18.5. The van der Waals surface area contributed by atoms with E-state index < -0.39 is 0 Å². The molecule has 1 aliphatic rings. The molecule has 8 heteroatoms. The number of nitrogens with one attached hydrogen (secondary N) is 3. The predicted molar refractivity (Wildman–Crippen MR) is 84.1 cm³/mol. The normalized spacial score (nSPS) is 13.0. The molecule has 1 aromatic carbocycles. The van der Waals surface area contributed by atoms with Crippen LogP contribution in [-0.4, -0.2) is 30.6 Å². The zero-order chi connectivity index (χ0) is 13.0. The van der Waals surface area contributed by atoms with Gasteiger partial charge in [-0.25, -0.2) is 4.79 Å². The monoisotopic (exact) mass is 320 g/mol. The highest BCUT2D eigenvalue weighted by Gasteiger charge is 2.11. The molecular weight excluding hydrogens is 303 g/mol. The molecule has 1 heterocycles. The van der Waals surface area contributed by atoms with Crippen molar-refractivity contribution < 1.29 is 10.3 Å². The van der Waals surface area contributed by atoms with Gasteiger partial charge in [0.1, 0.15) is 0 Å². The molecule has 1 aromatic rings. The Morgan fingerprint density at radius 1 is 1.40 bits per heavy atom. The largest absolute Gasteiger partial charge is 0.412 e. The number of anilines is 1. The van der Waals surface area contributed by atoms with Crippen LogP contribution in [0.3, 0.4) is 0 Å². The van der Waals surface area contributed by atoms with E-state index in [0.29, 0.717) is 16.7 Å². The number of urea groups is 1. The van der Waals surface area contributed by atoms with E-state index in [0.717, 1.165) is 25.1 Å². The van der Waals surface area contributed by atoms with Crippen molar-refractivity contribution in [3.8, 4) is 0 Å². The van der Waals surface area contributed by atoms with Crippen LogP contribution in [0.25, 0.3) is 0 Å². The molecule has 0 bridgehead atoms. The minimum atomic E-state index is -0.348. The summed E-state index contributed by atoms with van der Waals surface area (Å²) in [6, 6.07) is 5.12. The molecule has 5 N–H and O–H groups in total. The van der Waals surface area contributed by atoms with Gasteiger partial charge in [0.2, 0.25) is 0 Å². The number of para-hydroxylation sites is 1. The number of rotatable bonds is 1. The summed E-state index contributed by atoms with van der Waals surface area (Å²) in [7, 11) is 0. The maximum absolute atomic E-state index is 11.8. The first-order valence-corrected chi connectivity index (χ1v) is 6.16. The average molecular weight is 321 g/mol. The van der Waals surface area contributed by atoms with E-state index in [2.05, 4.69) is 20.9 Å². The van der Waals surface area contributed by atoms with E-state index in [1.54, 1.807) is 6.07 Å². The Bertz CT molecular complexity index is 474. The Hall–Kier alpha value is -1.50. The molecule has 0 unspecified atom stereocenters. The van der Waals surface area contributed by atoms with Gasteiger partial charge in [-0.2, -0.15) is 0 Å². The molecule has 20 heavy (non-hydrogen) atoms. The first-order valence-electron chi connectivity index (χ1n) is 5.78. The highest BCUT2D eigenvalue weighted by Crippen LogP contribution is 2.24. The number of amides is 2. The van der Waals surface area contributed by atoms with E-state index in [9.17, 15) is 4.79 Å². The van der Waals surface area contributed by atoms with Gasteiger partial charge in [-0.3, -0.25) is 10.3 Å². The molecule has 2 amide bonds. The summed E-state index contributed by atoms with van der Waals surface area (Å²) in [5.74, 6) is 0.503. The van der Waals surface area contributed by atoms with Gasteiger partial charge in [-0.1, -0.05) is 23.7 Å². The van der Waals surface area contributed by atoms with Gasteiger partial charge in [-0.05, 0) is 25.0 Å². The third-order valence-electron chi connectivity index (χ3n) is 2.59. The average Bonchev–Trinajstić information content (AvgIpc) is 2.35. The van der Waals surface area contributed by atoms with E-state index >= 15 is 0 Å². The standard InChI is InChI=1S/C12H15ClN4O.ClH.H2O/c1-8-4-2-5-9(13)10(8)16-12(18)17-11-14-6-3-7-15-11;;/h2,4-5H,3,6-7H2,1H3,(H3,14,15,16,17,18);1H;1H2. The molecular formula is C12H18Cl2N4O2. The molecule has 0 aromatic heterocycles. The molecule has 1 aliphatic heterocycles. The zero-order valence-corrected chi connectivity index (χ0v) is 12.6. The van der Waals surface area contributed by atoms with Gasteiger partial charge in [0, 0.05) is 13.1 Å². The van der Waals surface area contributed by atoms with Gasteiger partial charge in [0.15, 0.2) is 5.96 Å². The molecule has 0 radical (unpaired) electrons. The van der Waals surface area contributed by atoms with Crippen molar-refractivity contribution in [1.29, 1.82) is 0 Å². The molecule has 0 fully saturated rings. The molecule has 0 spiro atoms. The highest BCUT2D eigenvalue weighted by molar-refractivity contribution is 6.34. The molecule has 0 saturated carbocycles. The third kappa shape index (κ3) is 4.88. The van der Waals surface area contributed by atoms with Crippen molar-refractivity contribution in [2.24, 2.45) is 4.99 Å². The lowest BCUT2D eigenvalue weighted by Gasteiger charge is -2.16. The summed E-state index contributed by atoms with van der Waals surface area (Å²) in [4.78, 5) is 15.9. The fourth-order valence-corrected chi connectivity index (χ4v) is 1.93. The maximum Gasteiger partial charge on any atom is 0.326 e. The van der Waals surface area contributed by atoms with Crippen LogP contribution < -0.4 is 16.0 Å². The second-order valence-corrected chi connectivity index (χ2v) is 4.43. The van der Waals surface area contributed by atoms with Gasteiger partial charge in [0.25, 0.3) is 0 Å². The molecule has 0 saturated heterocycles. The second kappa shape index (κ2) is 8.63.